The van der Waals surface area contributed by atoms with Crippen LogP contribution in [0.4, 0.5) is 5.69 Å². The van der Waals surface area contributed by atoms with Crippen molar-refractivity contribution in [3.8, 4) is 0 Å². The molecule has 5 heteroatoms. The Morgan fingerprint density at radius 3 is 2.41 bits per heavy atom. The van der Waals surface area contributed by atoms with Gasteiger partial charge >= 0.3 is 7.48 Å². The number of rotatable bonds is 3. The van der Waals surface area contributed by atoms with Crippen LogP contribution in [0.1, 0.15) is 57.5 Å². The fourth-order valence-electron chi connectivity index (χ4n) is 2.74. The molecule has 3 rings (SSSR count). The summed E-state index contributed by atoms with van der Waals surface area (Å²) in [6.07, 6.45) is 0. The molecule has 2 aromatic carbocycles. The van der Waals surface area contributed by atoms with E-state index in [1.54, 1.807) is 7.48 Å². The number of Topliss-reactive ketones (excluding diaryl/α,β-unsaturated/α-hetero) is 1. The van der Waals surface area contributed by atoms with E-state index in [-0.39, 0.29) is 16.8 Å². The van der Waals surface area contributed by atoms with E-state index in [4.69, 9.17) is 9.65 Å². The summed E-state index contributed by atoms with van der Waals surface area (Å²) in [4.78, 5) is 18.8. The number of ketones is 1. The zero-order chi connectivity index (χ0) is 21.4. The van der Waals surface area contributed by atoms with Crippen LogP contribution in [-0.2, 0) is 4.65 Å². The highest BCUT2D eigenvalue weighted by Gasteiger charge is 2.33. The second-order valence-corrected chi connectivity index (χ2v) is 10.0. The van der Waals surface area contributed by atoms with E-state index >= 15 is 0 Å². The Balaban J connectivity index is 1.97. The standard InChI is InChI=1S/C24H27BNO2S/c1-15-18-13-12-17(25-28-24(6,7)23(3,4)5)14-20(18)26-16(2)29-21-11-9-8-10-19(21)22(15)27/h8-14H,1H2,2-7H3. The Bertz CT molecular complexity index is 1000. The molecule has 1 heterocycles. The summed E-state index contributed by atoms with van der Waals surface area (Å²) in [5.74, 6) is -0.0684. The van der Waals surface area contributed by atoms with Gasteiger partial charge in [0.25, 0.3) is 0 Å². The van der Waals surface area contributed by atoms with E-state index in [0.29, 0.717) is 11.1 Å². The van der Waals surface area contributed by atoms with Crippen molar-refractivity contribution in [2.24, 2.45) is 10.4 Å². The molecule has 0 atom stereocenters. The quantitative estimate of drug-likeness (QED) is 0.478. The number of nitrogens with zero attached hydrogens (tertiary/aromatic N) is 1. The maximum Gasteiger partial charge on any atom is 0.330 e. The zero-order valence-corrected chi connectivity index (χ0v) is 18.8. The smallest absolute Gasteiger partial charge is 0.330 e. The van der Waals surface area contributed by atoms with Gasteiger partial charge in [-0.3, -0.25) is 4.79 Å². The van der Waals surface area contributed by atoms with E-state index in [1.165, 1.54) is 11.8 Å². The van der Waals surface area contributed by atoms with Crippen LogP contribution in [0.2, 0.25) is 0 Å². The van der Waals surface area contributed by atoms with E-state index in [2.05, 4.69) is 41.2 Å². The maximum absolute atomic E-state index is 13.1. The van der Waals surface area contributed by atoms with Crippen LogP contribution in [0.3, 0.4) is 0 Å². The lowest BCUT2D eigenvalue weighted by atomic mass is 9.76. The number of hydrogen-bond acceptors (Lipinski definition) is 4. The molecule has 1 radical (unpaired) electrons. The number of hydrogen-bond donors (Lipinski definition) is 0. The van der Waals surface area contributed by atoms with Gasteiger partial charge in [-0.25, -0.2) is 4.99 Å². The molecular weight excluding hydrogens is 377 g/mol. The minimum atomic E-state index is -0.328. The lowest BCUT2D eigenvalue weighted by Crippen LogP contribution is -2.42. The molecule has 0 saturated heterocycles. The van der Waals surface area contributed by atoms with Crippen molar-refractivity contribution in [1.29, 1.82) is 0 Å². The van der Waals surface area contributed by atoms with Gasteiger partial charge in [0.2, 0.25) is 0 Å². The van der Waals surface area contributed by atoms with Crippen LogP contribution in [0.25, 0.3) is 5.57 Å². The van der Waals surface area contributed by atoms with Crippen LogP contribution in [0, 0.1) is 5.41 Å². The van der Waals surface area contributed by atoms with E-state index in [9.17, 15) is 4.79 Å². The molecule has 0 aliphatic carbocycles. The highest BCUT2D eigenvalue weighted by Crippen LogP contribution is 2.35. The summed E-state index contributed by atoms with van der Waals surface area (Å²) < 4.78 is 6.11. The monoisotopic (exact) mass is 404 g/mol. The fraction of sp³-hybridized carbons (Fsp3) is 0.333. The van der Waals surface area contributed by atoms with Crippen molar-refractivity contribution in [2.75, 3.05) is 0 Å². The molecule has 1 aliphatic rings. The third kappa shape index (κ3) is 4.57. The van der Waals surface area contributed by atoms with E-state index in [0.717, 1.165) is 26.7 Å². The number of carbonyl (C=O) groups is 1. The Hall–Kier alpha value is -2.11. The molecule has 0 N–H and O–H groups in total. The molecule has 3 nitrogen and oxygen atoms in total. The molecule has 0 unspecified atom stereocenters. The van der Waals surface area contributed by atoms with Crippen LogP contribution in [-0.4, -0.2) is 23.9 Å². The zero-order valence-electron chi connectivity index (χ0n) is 18.0. The molecule has 149 valence electrons. The molecule has 2 aromatic rings. The summed E-state index contributed by atoms with van der Waals surface area (Å²) in [7, 11) is 1.77. The van der Waals surface area contributed by atoms with E-state index < -0.39 is 0 Å². The van der Waals surface area contributed by atoms with Crippen molar-refractivity contribution < 1.29 is 9.45 Å². The third-order valence-electron chi connectivity index (χ3n) is 5.58. The Kier molecular flexibility index (Phi) is 5.93. The average Bonchev–Trinajstić information content (AvgIpc) is 2.68. The summed E-state index contributed by atoms with van der Waals surface area (Å²) in [5.41, 5.74) is 3.16. The van der Waals surface area contributed by atoms with Gasteiger partial charge < -0.3 is 4.65 Å². The van der Waals surface area contributed by atoms with Crippen molar-refractivity contribution in [1.82, 2.24) is 0 Å². The topological polar surface area (TPSA) is 38.7 Å². The van der Waals surface area contributed by atoms with Gasteiger partial charge in [0.1, 0.15) is 0 Å². The first kappa shape index (κ1) is 21.6. The van der Waals surface area contributed by atoms with Crippen molar-refractivity contribution in [2.45, 2.75) is 52.0 Å². The van der Waals surface area contributed by atoms with Gasteiger partial charge in [0.05, 0.1) is 16.3 Å². The lowest BCUT2D eigenvalue weighted by Gasteiger charge is -2.39. The Labute approximate surface area is 178 Å². The maximum atomic E-state index is 13.1. The Morgan fingerprint density at radius 2 is 1.72 bits per heavy atom. The van der Waals surface area contributed by atoms with Gasteiger partial charge in [-0.1, -0.05) is 68.8 Å². The number of allylic oxidation sites excluding steroid dienone is 1. The first-order valence-corrected chi connectivity index (χ1v) is 10.5. The lowest BCUT2D eigenvalue weighted by molar-refractivity contribution is 0.00504. The van der Waals surface area contributed by atoms with Gasteiger partial charge in [0, 0.05) is 21.6 Å². The number of thioether (sulfide) groups is 1. The summed E-state index contributed by atoms with van der Waals surface area (Å²) in [6, 6.07) is 13.4. The number of carbonyl (C=O) groups excluding carboxylic acids is 1. The van der Waals surface area contributed by atoms with Crippen LogP contribution < -0.4 is 5.46 Å². The molecule has 1 aliphatic heterocycles. The predicted molar refractivity (Wildman–Crippen MR) is 125 cm³/mol. The molecule has 0 fully saturated rings. The summed E-state index contributed by atoms with van der Waals surface area (Å²) in [6.45, 7) is 16.7. The first-order valence-electron chi connectivity index (χ1n) is 9.71. The third-order valence-corrected chi connectivity index (χ3v) is 6.55. The van der Waals surface area contributed by atoms with Crippen molar-refractivity contribution in [3.05, 3.63) is 60.2 Å². The molecular formula is C24H27BNO2S. The average molecular weight is 404 g/mol. The molecule has 29 heavy (non-hydrogen) atoms. The second-order valence-electron chi connectivity index (χ2n) is 8.81. The van der Waals surface area contributed by atoms with E-state index in [1.807, 2.05) is 49.4 Å². The minimum Gasteiger partial charge on any atom is -0.429 e. The normalized spacial score (nSPS) is 14.9. The SMILES string of the molecule is C=C1C(=O)c2ccccc2SC(C)=Nc2cc([B]OC(C)(C)C(C)(C)C)ccc21. The van der Waals surface area contributed by atoms with Gasteiger partial charge in [-0.15, -0.1) is 0 Å². The first-order chi connectivity index (χ1) is 13.5. The number of aliphatic imine (C=N–C) groups is 1. The van der Waals surface area contributed by atoms with Gasteiger partial charge in [-0.2, -0.15) is 0 Å². The number of benzene rings is 2. The summed E-state index contributed by atoms with van der Waals surface area (Å²) in [5, 5.41) is 0.870. The van der Waals surface area contributed by atoms with Crippen LogP contribution >= 0.6 is 11.8 Å². The molecule has 0 spiro atoms. The molecule has 0 bridgehead atoms. The van der Waals surface area contributed by atoms with Crippen molar-refractivity contribution >= 4 is 46.8 Å². The molecule has 0 saturated carbocycles. The molecule has 0 amide bonds. The second kappa shape index (κ2) is 7.96. The van der Waals surface area contributed by atoms with Crippen molar-refractivity contribution in [3.63, 3.8) is 0 Å². The van der Waals surface area contributed by atoms with Crippen LogP contribution in [0.15, 0.2) is 58.9 Å². The minimum absolute atomic E-state index is 0.0110. The number of fused-ring (bicyclic) bond motifs is 2. The highest BCUT2D eigenvalue weighted by molar-refractivity contribution is 8.14. The predicted octanol–water partition coefficient (Wildman–Crippen LogP) is 5.82. The largest absolute Gasteiger partial charge is 0.429 e. The fourth-order valence-corrected chi connectivity index (χ4v) is 3.62. The van der Waals surface area contributed by atoms with Crippen LogP contribution in [0.5, 0.6) is 0 Å². The molecule has 0 aromatic heterocycles. The summed E-state index contributed by atoms with van der Waals surface area (Å²) >= 11 is 1.50. The Morgan fingerprint density at radius 1 is 1.03 bits per heavy atom. The van der Waals surface area contributed by atoms with Gasteiger partial charge in [0.15, 0.2) is 5.78 Å². The van der Waals surface area contributed by atoms with Gasteiger partial charge in [-0.05, 0) is 44.4 Å². The highest BCUT2D eigenvalue weighted by atomic mass is 32.2.